The van der Waals surface area contributed by atoms with Gasteiger partial charge in [0.2, 0.25) is 0 Å². The average molecular weight is 1040 g/mol. The maximum atomic E-state index is 12.9. The van der Waals surface area contributed by atoms with Crippen molar-refractivity contribution < 1.29 is 28.6 Å². The summed E-state index contributed by atoms with van der Waals surface area (Å²) in [5.74, 6) is -0.870. The van der Waals surface area contributed by atoms with Gasteiger partial charge in [-0.05, 0) is 89.9 Å². The highest BCUT2D eigenvalue weighted by Gasteiger charge is 2.19. The van der Waals surface area contributed by atoms with Crippen LogP contribution < -0.4 is 0 Å². The Labute approximate surface area is 460 Å². The van der Waals surface area contributed by atoms with Crippen LogP contribution in [-0.4, -0.2) is 37.2 Å². The third-order valence-corrected chi connectivity index (χ3v) is 14.2. The van der Waals surface area contributed by atoms with Crippen molar-refractivity contribution in [3.63, 3.8) is 0 Å². The Kier molecular flexibility index (Phi) is 60.2. The SMILES string of the molecule is CCCCCC/C=C\C/C=C\CCCCCCCCCC(=O)OC(COC(=O)CCCCCCCCCCC)COC(=O)CCCCCCCCCCCCCCCC/C=C\C/C=C\C/C=C\CCCCCCC. The van der Waals surface area contributed by atoms with Crippen LogP contribution in [0, 0.1) is 0 Å². The van der Waals surface area contributed by atoms with Crippen LogP contribution in [0.25, 0.3) is 0 Å². The molecule has 0 aliphatic carbocycles. The molecule has 0 aliphatic heterocycles. The molecule has 0 rings (SSSR count). The molecule has 0 bridgehead atoms. The molecule has 0 aromatic heterocycles. The highest BCUT2D eigenvalue weighted by Crippen LogP contribution is 2.17. The minimum atomic E-state index is -0.776. The standard InChI is InChI=1S/C68H122O6/c1-4-7-10-13-16-19-21-23-25-27-29-30-31-32-33-34-35-36-37-38-39-41-42-44-46-49-52-55-58-61-67(70)73-64-65(63-72-66(69)60-57-54-51-48-18-15-12-9-6-3)74-68(71)62-59-56-53-50-47-45-43-40-28-26-24-22-20-17-14-11-8-5-2/h20-23,26-29,31-32,65H,4-19,24-25,30,33-64H2,1-3H3/b22-20-,23-21-,28-26-,29-27-,32-31-. The zero-order valence-corrected chi connectivity index (χ0v) is 49.4. The predicted molar refractivity (Wildman–Crippen MR) is 321 cm³/mol. The first-order valence-corrected chi connectivity index (χ1v) is 32.3. The van der Waals surface area contributed by atoms with Gasteiger partial charge in [0.15, 0.2) is 6.10 Å². The monoisotopic (exact) mass is 1030 g/mol. The molecule has 0 amide bonds. The molecule has 1 atom stereocenters. The highest BCUT2D eigenvalue weighted by molar-refractivity contribution is 5.71. The maximum Gasteiger partial charge on any atom is 0.306 e. The van der Waals surface area contributed by atoms with Crippen molar-refractivity contribution in [3.8, 4) is 0 Å². The Balaban J connectivity index is 4.15. The lowest BCUT2D eigenvalue weighted by atomic mass is 10.0. The van der Waals surface area contributed by atoms with Gasteiger partial charge in [-0.1, -0.05) is 287 Å². The van der Waals surface area contributed by atoms with Crippen LogP contribution >= 0.6 is 0 Å². The summed E-state index contributed by atoms with van der Waals surface area (Å²) in [5, 5.41) is 0. The fourth-order valence-electron chi connectivity index (χ4n) is 9.36. The molecule has 6 heteroatoms. The normalized spacial score (nSPS) is 12.4. The molecule has 0 saturated heterocycles. The topological polar surface area (TPSA) is 78.9 Å². The molecule has 0 saturated carbocycles. The van der Waals surface area contributed by atoms with Crippen LogP contribution in [0.1, 0.15) is 335 Å². The molecule has 74 heavy (non-hydrogen) atoms. The quantitative estimate of drug-likeness (QED) is 0.0261. The zero-order valence-electron chi connectivity index (χ0n) is 49.4. The average Bonchev–Trinajstić information content (AvgIpc) is 3.40. The van der Waals surface area contributed by atoms with Gasteiger partial charge in [0.25, 0.3) is 0 Å². The van der Waals surface area contributed by atoms with Gasteiger partial charge >= 0.3 is 17.9 Å². The van der Waals surface area contributed by atoms with Crippen LogP contribution in [0.4, 0.5) is 0 Å². The summed E-state index contributed by atoms with van der Waals surface area (Å²) < 4.78 is 16.9. The third-order valence-electron chi connectivity index (χ3n) is 14.2. The first-order valence-electron chi connectivity index (χ1n) is 32.3. The molecule has 0 heterocycles. The lowest BCUT2D eigenvalue weighted by Gasteiger charge is -2.18. The number of hydrogen-bond acceptors (Lipinski definition) is 6. The van der Waals surface area contributed by atoms with E-state index in [0.717, 1.165) is 83.5 Å². The van der Waals surface area contributed by atoms with Crippen LogP contribution in [0.2, 0.25) is 0 Å². The number of unbranched alkanes of at least 4 members (excludes halogenated alkanes) is 38. The van der Waals surface area contributed by atoms with Gasteiger partial charge in [0.1, 0.15) is 13.2 Å². The summed E-state index contributed by atoms with van der Waals surface area (Å²) in [5.41, 5.74) is 0. The van der Waals surface area contributed by atoms with Gasteiger partial charge in [-0.3, -0.25) is 14.4 Å². The van der Waals surface area contributed by atoms with E-state index in [1.54, 1.807) is 0 Å². The van der Waals surface area contributed by atoms with Crippen molar-refractivity contribution in [1.82, 2.24) is 0 Å². The second-order valence-corrected chi connectivity index (χ2v) is 21.7. The number of rotatable bonds is 59. The first kappa shape index (κ1) is 71.1. The van der Waals surface area contributed by atoms with Crippen LogP contribution in [0.3, 0.4) is 0 Å². The van der Waals surface area contributed by atoms with E-state index in [0.29, 0.717) is 19.3 Å². The van der Waals surface area contributed by atoms with Gasteiger partial charge < -0.3 is 14.2 Å². The molecule has 1 unspecified atom stereocenters. The summed E-state index contributed by atoms with van der Waals surface area (Å²) in [6.45, 7) is 6.62. The summed E-state index contributed by atoms with van der Waals surface area (Å²) in [7, 11) is 0. The fourth-order valence-corrected chi connectivity index (χ4v) is 9.36. The second-order valence-electron chi connectivity index (χ2n) is 21.7. The zero-order chi connectivity index (χ0) is 53.6. The molecule has 430 valence electrons. The van der Waals surface area contributed by atoms with E-state index in [1.807, 2.05) is 0 Å². The van der Waals surface area contributed by atoms with Gasteiger partial charge in [-0.25, -0.2) is 0 Å². The molecule has 6 nitrogen and oxygen atoms in total. The molecule has 0 aromatic carbocycles. The van der Waals surface area contributed by atoms with Crippen LogP contribution in [-0.2, 0) is 28.6 Å². The van der Waals surface area contributed by atoms with Crippen LogP contribution in [0.5, 0.6) is 0 Å². The Morgan fingerprint density at radius 3 is 0.770 bits per heavy atom. The van der Waals surface area contributed by atoms with E-state index in [-0.39, 0.29) is 31.1 Å². The van der Waals surface area contributed by atoms with Crippen molar-refractivity contribution in [2.24, 2.45) is 0 Å². The van der Waals surface area contributed by atoms with E-state index in [1.165, 1.54) is 212 Å². The van der Waals surface area contributed by atoms with Gasteiger partial charge in [0.05, 0.1) is 0 Å². The van der Waals surface area contributed by atoms with Gasteiger partial charge in [0, 0.05) is 19.3 Å². The van der Waals surface area contributed by atoms with Crippen molar-refractivity contribution in [2.45, 2.75) is 341 Å². The fraction of sp³-hybridized carbons (Fsp3) is 0.809. The third kappa shape index (κ3) is 60.0. The Morgan fingerprint density at radius 2 is 0.486 bits per heavy atom. The van der Waals surface area contributed by atoms with Crippen molar-refractivity contribution in [1.29, 1.82) is 0 Å². The summed E-state index contributed by atoms with van der Waals surface area (Å²) in [4.78, 5) is 38.2. The van der Waals surface area contributed by atoms with Gasteiger partial charge in [-0.15, -0.1) is 0 Å². The maximum absolute atomic E-state index is 12.9. The Hall–Kier alpha value is -2.89. The second kappa shape index (κ2) is 62.6. The van der Waals surface area contributed by atoms with E-state index >= 15 is 0 Å². The lowest BCUT2D eigenvalue weighted by Crippen LogP contribution is -2.30. The van der Waals surface area contributed by atoms with Crippen molar-refractivity contribution in [2.75, 3.05) is 13.2 Å². The Morgan fingerprint density at radius 1 is 0.270 bits per heavy atom. The number of carbonyl (C=O) groups is 3. The largest absolute Gasteiger partial charge is 0.462 e. The first-order chi connectivity index (χ1) is 36.5. The molecular weight excluding hydrogens is 913 g/mol. The lowest BCUT2D eigenvalue weighted by molar-refractivity contribution is -0.167. The Bertz CT molecular complexity index is 1330. The summed E-state index contributed by atoms with van der Waals surface area (Å²) >= 11 is 0. The van der Waals surface area contributed by atoms with E-state index in [4.69, 9.17) is 14.2 Å². The molecule has 0 aliphatic rings. The molecular formula is C68H122O6. The van der Waals surface area contributed by atoms with E-state index in [2.05, 4.69) is 81.5 Å². The van der Waals surface area contributed by atoms with Crippen molar-refractivity contribution >= 4 is 17.9 Å². The number of esters is 3. The predicted octanol–water partition coefficient (Wildman–Crippen LogP) is 21.9. The smallest absolute Gasteiger partial charge is 0.306 e. The minimum Gasteiger partial charge on any atom is -0.462 e. The van der Waals surface area contributed by atoms with Crippen LogP contribution in [0.15, 0.2) is 60.8 Å². The molecule has 0 fully saturated rings. The molecule has 0 radical (unpaired) electrons. The van der Waals surface area contributed by atoms with E-state index < -0.39 is 6.10 Å². The number of carbonyl (C=O) groups excluding carboxylic acids is 3. The highest BCUT2D eigenvalue weighted by atomic mass is 16.6. The molecule has 0 spiro atoms. The molecule has 0 aromatic rings. The number of hydrogen-bond donors (Lipinski definition) is 0. The van der Waals surface area contributed by atoms with E-state index in [9.17, 15) is 14.4 Å². The minimum absolute atomic E-state index is 0.0743. The summed E-state index contributed by atoms with van der Waals surface area (Å²) in [6.07, 6.45) is 79.5. The molecule has 0 N–H and O–H groups in total. The number of allylic oxidation sites excluding steroid dienone is 10. The number of ether oxygens (including phenoxy) is 3. The summed E-state index contributed by atoms with van der Waals surface area (Å²) in [6, 6.07) is 0. The van der Waals surface area contributed by atoms with Gasteiger partial charge in [-0.2, -0.15) is 0 Å². The van der Waals surface area contributed by atoms with Crippen molar-refractivity contribution in [3.05, 3.63) is 60.8 Å².